The van der Waals surface area contributed by atoms with Crippen LogP contribution in [0.2, 0.25) is 0 Å². The van der Waals surface area contributed by atoms with Gasteiger partial charge in [0.15, 0.2) is 0 Å². The van der Waals surface area contributed by atoms with Crippen LogP contribution in [0.5, 0.6) is 0 Å². The predicted molar refractivity (Wildman–Crippen MR) is 178 cm³/mol. The predicted octanol–water partition coefficient (Wildman–Crippen LogP) is 2.83. The number of hydrogen-bond donors (Lipinski definition) is 5. The lowest BCUT2D eigenvalue weighted by atomic mass is 9.87. The topological polar surface area (TPSA) is 167 Å². The Bertz CT molecular complexity index is 1430. The Balaban J connectivity index is 1.48. The molecule has 1 aromatic carbocycles. The van der Waals surface area contributed by atoms with E-state index in [4.69, 9.17) is 15.9 Å². The van der Waals surface area contributed by atoms with E-state index in [1.807, 2.05) is 18.2 Å². The molecule has 2 aromatic rings. The second-order valence-electron chi connectivity index (χ2n) is 13.2. The smallest absolute Gasteiger partial charge is 0.243 e. The fourth-order valence-corrected chi connectivity index (χ4v) is 7.44. The lowest BCUT2D eigenvalue weighted by Crippen LogP contribution is -2.53. The van der Waals surface area contributed by atoms with E-state index < -0.39 is 34.1 Å². The number of likely N-dealkylation sites (tertiary alicyclic amines) is 1. The van der Waals surface area contributed by atoms with Crippen molar-refractivity contribution in [3.63, 3.8) is 0 Å². The van der Waals surface area contributed by atoms with Crippen molar-refractivity contribution in [3.05, 3.63) is 57.3 Å². The third-order valence-corrected chi connectivity index (χ3v) is 10.3. The summed E-state index contributed by atoms with van der Waals surface area (Å²) in [6.07, 6.45) is 3.98. The minimum atomic E-state index is -3.68. The molecule has 0 unspecified atom stereocenters. The average molecular weight is 661 g/mol. The van der Waals surface area contributed by atoms with Crippen molar-refractivity contribution in [2.75, 3.05) is 25.9 Å². The summed E-state index contributed by atoms with van der Waals surface area (Å²) in [5, 5.41) is 13.9. The first-order valence-corrected chi connectivity index (χ1v) is 18.3. The van der Waals surface area contributed by atoms with Crippen LogP contribution in [0.1, 0.15) is 73.8 Å². The molecule has 0 saturated carbocycles. The van der Waals surface area contributed by atoms with Crippen molar-refractivity contribution in [2.24, 2.45) is 11.7 Å². The summed E-state index contributed by atoms with van der Waals surface area (Å²) in [5.74, 6) is -0.373. The quantitative estimate of drug-likeness (QED) is 0.163. The molecule has 0 radical (unpaired) electrons. The molecular weight excluding hydrogens is 613 g/mol. The van der Waals surface area contributed by atoms with E-state index in [0.717, 1.165) is 42.6 Å². The first-order chi connectivity index (χ1) is 21.2. The van der Waals surface area contributed by atoms with Gasteiger partial charge in [0.2, 0.25) is 21.8 Å². The second kappa shape index (κ2) is 15.2. The van der Waals surface area contributed by atoms with E-state index in [0.29, 0.717) is 36.7 Å². The summed E-state index contributed by atoms with van der Waals surface area (Å²) in [7, 11) is -3.68. The monoisotopic (exact) mass is 660 g/mol. The zero-order valence-corrected chi connectivity index (χ0v) is 28.4. The van der Waals surface area contributed by atoms with Crippen molar-refractivity contribution in [3.8, 4) is 0 Å². The number of piperidine rings is 1. The number of nitrogens with one attached hydrogen (secondary N) is 4. The van der Waals surface area contributed by atoms with E-state index >= 15 is 0 Å². The van der Waals surface area contributed by atoms with Crippen LogP contribution in [0, 0.1) is 11.3 Å². The number of benzene rings is 1. The molecule has 3 atom stereocenters. The molecule has 248 valence electrons. The van der Waals surface area contributed by atoms with Crippen molar-refractivity contribution in [2.45, 2.75) is 89.6 Å². The molecule has 2 aliphatic heterocycles. The summed E-state index contributed by atoms with van der Waals surface area (Å²) < 4.78 is 33.5. The number of hydrogen-bond acceptors (Lipinski definition) is 8. The zero-order chi connectivity index (χ0) is 32.8. The molecule has 3 heterocycles. The van der Waals surface area contributed by atoms with Crippen molar-refractivity contribution in [1.82, 2.24) is 20.3 Å². The lowest BCUT2D eigenvalue weighted by molar-refractivity contribution is -0.140. The van der Waals surface area contributed by atoms with Gasteiger partial charge in [0.05, 0.1) is 30.4 Å². The van der Waals surface area contributed by atoms with Gasteiger partial charge in [0.25, 0.3) is 0 Å². The number of sulfonamides is 1. The number of amidine groups is 1. The largest absolute Gasteiger partial charge is 0.383 e. The normalized spacial score (nSPS) is 20.2. The fourth-order valence-electron chi connectivity index (χ4n) is 5.90. The maximum Gasteiger partial charge on any atom is 0.243 e. The van der Waals surface area contributed by atoms with Crippen LogP contribution in [0.3, 0.4) is 0 Å². The number of nitrogens with zero attached hydrogens (tertiary/aromatic N) is 1. The van der Waals surface area contributed by atoms with Gasteiger partial charge >= 0.3 is 0 Å². The molecule has 4 rings (SSSR count). The molecule has 0 bridgehead atoms. The summed E-state index contributed by atoms with van der Waals surface area (Å²) in [6, 6.07) is 10.0. The Morgan fingerprint density at radius 2 is 1.84 bits per heavy atom. The Morgan fingerprint density at radius 1 is 1.16 bits per heavy atom. The summed E-state index contributed by atoms with van der Waals surface area (Å²) >= 11 is 1.32. The van der Waals surface area contributed by atoms with Crippen LogP contribution in [-0.4, -0.2) is 75.0 Å². The van der Waals surface area contributed by atoms with Gasteiger partial charge in [-0.25, -0.2) is 13.1 Å². The fraction of sp³-hybridized carbons (Fsp3) is 0.594. The van der Waals surface area contributed by atoms with Gasteiger partial charge in [-0.2, -0.15) is 0 Å². The Morgan fingerprint density at radius 3 is 2.44 bits per heavy atom. The molecule has 0 spiro atoms. The number of thiophene rings is 1. The number of carbonyl (C=O) groups excluding carboxylic acids is 2. The summed E-state index contributed by atoms with van der Waals surface area (Å²) in [6.45, 7) is 9.03. The van der Waals surface area contributed by atoms with Gasteiger partial charge < -0.3 is 26.0 Å². The number of ether oxygens (including phenoxy) is 1. The van der Waals surface area contributed by atoms with Gasteiger partial charge in [-0.1, -0.05) is 45.0 Å². The molecule has 45 heavy (non-hydrogen) atoms. The Kier molecular flexibility index (Phi) is 11.8. The van der Waals surface area contributed by atoms with E-state index in [2.05, 4.69) is 48.3 Å². The second-order valence-corrected chi connectivity index (χ2v) is 16.2. The highest BCUT2D eigenvalue weighted by Crippen LogP contribution is 2.27. The standard InChI is InChI=1S/C32H48N6O5S2/c1-32(2,3)23-8-5-22(6-9-23)20-43-24-17-27(30(39)36-18-25-10-12-28(44-25)29(33)34)38(19-24)31(40)26(37-45(4,41)42)11-7-21-13-15-35-16-14-21/h5-6,8-10,12,21,24,26-27,35,37H,7,11,13-20H2,1-4H3,(H3,33,34)(H,36,39)/t24-,26-,27+/m1/s1. The molecular formula is C32H48N6O5S2. The first kappa shape index (κ1) is 35.0. The van der Waals surface area contributed by atoms with Crippen LogP contribution in [0.4, 0.5) is 0 Å². The minimum absolute atomic E-state index is 0.0351. The molecule has 2 amide bonds. The maximum atomic E-state index is 14.0. The first-order valence-electron chi connectivity index (χ1n) is 15.6. The summed E-state index contributed by atoms with van der Waals surface area (Å²) in [4.78, 5) is 30.5. The molecule has 13 heteroatoms. The van der Waals surface area contributed by atoms with Crippen LogP contribution in [0.15, 0.2) is 36.4 Å². The van der Waals surface area contributed by atoms with Crippen LogP contribution in [-0.2, 0) is 42.9 Å². The van der Waals surface area contributed by atoms with Gasteiger partial charge in [-0.3, -0.25) is 15.0 Å². The Hall–Kier alpha value is -2.84. The molecule has 11 nitrogen and oxygen atoms in total. The minimum Gasteiger partial charge on any atom is -0.383 e. The molecule has 1 aromatic heterocycles. The zero-order valence-electron chi connectivity index (χ0n) is 26.7. The third kappa shape index (κ3) is 10.3. The summed E-state index contributed by atoms with van der Waals surface area (Å²) in [5.41, 5.74) is 7.83. The molecule has 2 saturated heterocycles. The maximum absolute atomic E-state index is 14.0. The average Bonchev–Trinajstić information content (AvgIpc) is 3.64. The van der Waals surface area contributed by atoms with Crippen LogP contribution >= 0.6 is 11.3 Å². The lowest BCUT2D eigenvalue weighted by Gasteiger charge is -2.29. The van der Waals surface area contributed by atoms with Crippen molar-refractivity contribution in [1.29, 1.82) is 5.41 Å². The number of amides is 2. The van der Waals surface area contributed by atoms with Gasteiger partial charge in [0.1, 0.15) is 17.9 Å². The Labute approximate surface area is 271 Å². The highest BCUT2D eigenvalue weighted by atomic mass is 32.2. The third-order valence-electron chi connectivity index (χ3n) is 8.49. The number of nitrogens with two attached hydrogens (primary N) is 1. The van der Waals surface area contributed by atoms with E-state index in [1.165, 1.54) is 21.8 Å². The van der Waals surface area contributed by atoms with E-state index in [1.54, 1.807) is 6.07 Å². The number of nitrogen functional groups attached to an aromatic ring is 1. The van der Waals surface area contributed by atoms with Gasteiger partial charge in [-0.05, 0) is 73.4 Å². The highest BCUT2D eigenvalue weighted by molar-refractivity contribution is 7.88. The SMILES string of the molecule is CC(C)(C)c1ccc(CO[C@@H]2C[C@@H](C(=O)NCc3ccc(C(=N)N)s3)N(C(=O)[C@@H](CCC3CCNCC3)NS(C)(=O)=O)C2)cc1. The number of rotatable bonds is 13. The van der Waals surface area contributed by atoms with E-state index in [9.17, 15) is 18.0 Å². The van der Waals surface area contributed by atoms with Crippen molar-refractivity contribution >= 4 is 39.0 Å². The van der Waals surface area contributed by atoms with Crippen molar-refractivity contribution < 1.29 is 22.7 Å². The molecule has 2 fully saturated rings. The molecule has 0 aliphatic carbocycles. The molecule has 6 N–H and O–H groups in total. The van der Waals surface area contributed by atoms with Gasteiger partial charge in [-0.15, -0.1) is 11.3 Å². The highest BCUT2D eigenvalue weighted by Gasteiger charge is 2.42. The molecule has 2 aliphatic rings. The van der Waals surface area contributed by atoms with Crippen LogP contribution in [0.25, 0.3) is 0 Å². The number of carbonyl (C=O) groups is 2. The van der Waals surface area contributed by atoms with E-state index in [-0.39, 0.29) is 30.2 Å². The van der Waals surface area contributed by atoms with Crippen LogP contribution < -0.4 is 21.1 Å². The van der Waals surface area contributed by atoms with Gasteiger partial charge in [0, 0.05) is 17.8 Å².